The van der Waals surface area contributed by atoms with Gasteiger partial charge in [0.2, 0.25) is 13.2 Å². The van der Waals surface area contributed by atoms with Crippen LogP contribution in [0.2, 0.25) is 6.32 Å². The zero-order valence-corrected chi connectivity index (χ0v) is 19.8. The van der Waals surface area contributed by atoms with Crippen LogP contribution in [-0.4, -0.2) is 64.6 Å². The molecule has 170 valence electrons. The maximum absolute atomic E-state index is 12.9. The molecule has 0 radical (unpaired) electrons. The van der Waals surface area contributed by atoms with Gasteiger partial charge in [0.15, 0.2) is 11.5 Å². The van der Waals surface area contributed by atoms with Crippen molar-refractivity contribution in [2.45, 2.75) is 52.9 Å². The van der Waals surface area contributed by atoms with Crippen molar-refractivity contribution in [3.8, 4) is 6.07 Å². The number of fused-ring (bicyclic) bond motifs is 1. The molecule has 3 heterocycles. The zero-order valence-electron chi connectivity index (χ0n) is 19.8. The fourth-order valence-corrected chi connectivity index (χ4v) is 4.34. The summed E-state index contributed by atoms with van der Waals surface area (Å²) in [6, 6.07) is 3.92. The van der Waals surface area contributed by atoms with Gasteiger partial charge < -0.3 is 9.80 Å². The zero-order chi connectivity index (χ0) is 23.4. The van der Waals surface area contributed by atoms with E-state index in [1.165, 1.54) is 6.33 Å². The largest absolute Gasteiger partial charge is 0.354 e. The summed E-state index contributed by atoms with van der Waals surface area (Å²) in [5, 5.41) is 9.71. The van der Waals surface area contributed by atoms with E-state index in [-0.39, 0.29) is 24.2 Å². The molecule has 1 fully saturated rings. The molecule has 1 saturated heterocycles. The molecule has 3 atom stereocenters. The van der Waals surface area contributed by atoms with Gasteiger partial charge in [0.05, 0.1) is 17.5 Å². The predicted molar refractivity (Wildman–Crippen MR) is 127 cm³/mol. The van der Waals surface area contributed by atoms with E-state index in [1.54, 1.807) is 15.7 Å². The standard InChI is InChI=1S/C23H33BN6O2/c1-15(2)17(4)12-24-23(32)30-11-8-18-21(26-14-27-22(18)30)28(5)19-13-29(10-7-16(19)3)20(31)6-9-25/h8,11,14-17,19,24H,6-7,10,12-13H2,1-5H3/t16-,17?,19?/m1/s1. The van der Waals surface area contributed by atoms with Gasteiger partial charge in [0, 0.05) is 26.3 Å². The number of anilines is 1. The Balaban J connectivity index is 1.82. The van der Waals surface area contributed by atoms with Crippen molar-refractivity contribution < 1.29 is 9.59 Å². The van der Waals surface area contributed by atoms with Crippen LogP contribution in [0.1, 0.15) is 40.5 Å². The number of carbonyl (C=O) groups is 2. The Morgan fingerprint density at radius 3 is 2.78 bits per heavy atom. The summed E-state index contributed by atoms with van der Waals surface area (Å²) in [6.07, 6.45) is 4.91. The van der Waals surface area contributed by atoms with E-state index in [2.05, 4.69) is 42.6 Å². The first-order valence-electron chi connectivity index (χ1n) is 11.5. The molecule has 1 aliphatic rings. The molecule has 0 N–H and O–H groups in total. The van der Waals surface area contributed by atoms with Gasteiger partial charge in [-0.05, 0) is 30.2 Å². The maximum atomic E-state index is 12.9. The summed E-state index contributed by atoms with van der Waals surface area (Å²) in [5.41, 5.74) is 0.616. The fourth-order valence-electron chi connectivity index (χ4n) is 4.34. The second-order valence-electron chi connectivity index (χ2n) is 9.39. The molecule has 0 bridgehead atoms. The van der Waals surface area contributed by atoms with Gasteiger partial charge in [-0.15, -0.1) is 0 Å². The molecule has 1 amide bonds. The Hall–Kier alpha value is -2.89. The third-order valence-electron chi connectivity index (χ3n) is 7.01. The number of nitrogens with zero attached hydrogens (tertiary/aromatic N) is 6. The highest BCUT2D eigenvalue weighted by atomic mass is 16.2. The summed E-state index contributed by atoms with van der Waals surface area (Å²) in [6.45, 7) is 9.93. The van der Waals surface area contributed by atoms with Crippen molar-refractivity contribution >= 4 is 35.8 Å². The molecule has 8 nitrogen and oxygen atoms in total. The summed E-state index contributed by atoms with van der Waals surface area (Å²) < 4.78 is 1.63. The summed E-state index contributed by atoms with van der Waals surface area (Å²) in [7, 11) is 2.46. The number of carbonyl (C=O) groups excluding carboxylic acids is 2. The van der Waals surface area contributed by atoms with Crippen molar-refractivity contribution in [1.82, 2.24) is 19.4 Å². The van der Waals surface area contributed by atoms with Crippen LogP contribution < -0.4 is 4.90 Å². The van der Waals surface area contributed by atoms with Crippen LogP contribution in [0.4, 0.5) is 10.6 Å². The van der Waals surface area contributed by atoms with Crippen LogP contribution in [0.25, 0.3) is 11.0 Å². The third kappa shape index (κ3) is 4.95. The maximum Gasteiger partial charge on any atom is 0.236 e. The summed E-state index contributed by atoms with van der Waals surface area (Å²) >= 11 is 0. The number of piperidine rings is 1. The molecule has 3 rings (SSSR count). The molecular formula is C23H33BN6O2. The van der Waals surface area contributed by atoms with Gasteiger partial charge in [-0.25, -0.2) is 9.97 Å². The molecule has 32 heavy (non-hydrogen) atoms. The number of hydrogen-bond donors (Lipinski definition) is 0. The van der Waals surface area contributed by atoms with E-state index in [0.29, 0.717) is 43.8 Å². The Kier molecular flexibility index (Phi) is 7.54. The third-order valence-corrected chi connectivity index (χ3v) is 7.01. The normalized spacial score (nSPS) is 19.6. The lowest BCUT2D eigenvalue weighted by Crippen LogP contribution is -2.52. The highest BCUT2D eigenvalue weighted by Gasteiger charge is 2.33. The molecule has 9 heteroatoms. The first-order chi connectivity index (χ1) is 15.2. The number of rotatable bonds is 7. The van der Waals surface area contributed by atoms with Gasteiger partial charge in [0.1, 0.15) is 18.6 Å². The first-order valence-corrected chi connectivity index (χ1v) is 11.5. The van der Waals surface area contributed by atoms with Gasteiger partial charge in [-0.1, -0.05) is 34.0 Å². The van der Waals surface area contributed by atoms with Crippen LogP contribution in [0, 0.1) is 29.1 Å². The van der Waals surface area contributed by atoms with Gasteiger partial charge in [-0.2, -0.15) is 5.26 Å². The minimum atomic E-state index is -0.127. The minimum Gasteiger partial charge on any atom is -0.354 e. The highest BCUT2D eigenvalue weighted by Crippen LogP contribution is 2.29. The van der Waals surface area contributed by atoms with E-state index in [9.17, 15) is 9.59 Å². The topological polar surface area (TPSA) is 95.1 Å². The molecule has 1 aliphatic heterocycles. The van der Waals surface area contributed by atoms with Crippen molar-refractivity contribution in [3.05, 3.63) is 18.6 Å². The monoisotopic (exact) mass is 436 g/mol. The van der Waals surface area contributed by atoms with E-state index < -0.39 is 0 Å². The lowest BCUT2D eigenvalue weighted by Gasteiger charge is -2.42. The quantitative estimate of drug-likeness (QED) is 0.619. The highest BCUT2D eigenvalue weighted by molar-refractivity contribution is 6.74. The van der Waals surface area contributed by atoms with Gasteiger partial charge in [-0.3, -0.25) is 14.2 Å². The first kappa shape index (κ1) is 23.8. The SMILES string of the molecule is CC(C)C(C)CBC(=O)n1ccc2c(N(C)C3CN(C(=O)CC#N)CC[C@H]3C)ncnc21. The average Bonchev–Trinajstić information content (AvgIpc) is 3.21. The number of nitriles is 1. The van der Waals surface area contributed by atoms with Gasteiger partial charge >= 0.3 is 0 Å². The molecule has 2 aromatic heterocycles. The van der Waals surface area contributed by atoms with Crippen molar-refractivity contribution in [2.75, 3.05) is 25.0 Å². The number of likely N-dealkylation sites (N-methyl/N-ethyl adjacent to an activating group) is 1. The lowest BCUT2D eigenvalue weighted by atomic mass is 9.67. The predicted octanol–water partition coefficient (Wildman–Crippen LogP) is 3.13. The van der Waals surface area contributed by atoms with Crippen LogP contribution >= 0.6 is 0 Å². The van der Waals surface area contributed by atoms with Crippen LogP contribution in [0.3, 0.4) is 0 Å². The van der Waals surface area contributed by atoms with Crippen LogP contribution in [0.15, 0.2) is 18.6 Å². The Labute approximate surface area is 190 Å². The second kappa shape index (κ2) is 10.2. The van der Waals surface area contributed by atoms with E-state index in [0.717, 1.165) is 23.9 Å². The van der Waals surface area contributed by atoms with E-state index >= 15 is 0 Å². The Bertz CT molecular complexity index is 1010. The van der Waals surface area contributed by atoms with Crippen molar-refractivity contribution in [1.29, 1.82) is 5.26 Å². The average molecular weight is 436 g/mol. The van der Waals surface area contributed by atoms with Crippen molar-refractivity contribution in [2.24, 2.45) is 17.8 Å². The Morgan fingerprint density at radius 1 is 1.34 bits per heavy atom. The van der Waals surface area contributed by atoms with Crippen molar-refractivity contribution in [3.63, 3.8) is 0 Å². The molecular weight excluding hydrogens is 403 g/mol. The Morgan fingerprint density at radius 2 is 2.09 bits per heavy atom. The van der Waals surface area contributed by atoms with E-state index in [4.69, 9.17) is 5.26 Å². The van der Waals surface area contributed by atoms with E-state index in [1.807, 2.05) is 19.2 Å². The number of amides is 1. The second-order valence-corrected chi connectivity index (χ2v) is 9.39. The fraction of sp³-hybridized carbons (Fsp3) is 0.609. The van der Waals surface area contributed by atoms with Gasteiger partial charge in [0.25, 0.3) is 0 Å². The molecule has 0 spiro atoms. The molecule has 0 aromatic carbocycles. The number of hydrogen-bond acceptors (Lipinski definition) is 6. The number of likely N-dealkylation sites (tertiary alicyclic amines) is 1. The van der Waals surface area contributed by atoms with Crippen LogP contribution in [0.5, 0.6) is 0 Å². The molecule has 0 aliphatic carbocycles. The lowest BCUT2D eigenvalue weighted by molar-refractivity contribution is -0.131. The summed E-state index contributed by atoms with van der Waals surface area (Å²) in [5.74, 6) is 2.05. The molecule has 2 unspecified atom stereocenters. The molecule has 2 aromatic rings. The van der Waals surface area contributed by atoms with Crippen LogP contribution in [-0.2, 0) is 4.79 Å². The molecule has 0 saturated carbocycles. The minimum absolute atomic E-state index is 0.0408. The summed E-state index contributed by atoms with van der Waals surface area (Å²) in [4.78, 5) is 37.9. The number of aromatic nitrogens is 3. The smallest absolute Gasteiger partial charge is 0.236 e.